The van der Waals surface area contributed by atoms with Gasteiger partial charge in [-0.3, -0.25) is 0 Å². The quantitative estimate of drug-likeness (QED) is 0.0257. The van der Waals surface area contributed by atoms with Gasteiger partial charge in [0.05, 0.1) is 41.8 Å². The third-order valence-corrected chi connectivity index (χ3v) is 21.0. The molecule has 31 N–H and O–H groups in total. The number of rotatable bonds is 15. The van der Waals surface area contributed by atoms with Gasteiger partial charge in [-0.1, -0.05) is 227 Å². The van der Waals surface area contributed by atoms with Crippen LogP contribution in [0.5, 0.6) is 0 Å². The standard InChI is InChI=1S/C14H14N2.C13H16N4.C10H8ClN3.C10H13ClN2.C10H9N3.C9H9N3.C8H12N4.C7H14.C6H13N.C5H8N2.C5H6O.C4H4ClN3.4H3N/c15-13-7-3-11(4-8-13)1-2-12-5-9-14(16)10-6-12;14-9-4-10-15-13-8-7-12(16-17-13)11-5-2-1-3-6-11;11-8-3-1-7(2-4-8)9-5-6-10(12)14-13-9;11-9-1-3-10(4-2-9)13-7-5-12-6-8-13;11-10-7-6-9(12-13-10)8-4-2-1-3-5-8;10-9-6-8(11-12-9)7-4-2-1-3-5-7;1-2-10-8(11-3-1)12-6-4-9-5-7-12;1-2-7-5-3-4-6-7;1-2-6-4-3-5-7-6;1-2-5-3-6-4-7-5;1-5-3-2-4-6-5;5-3-1-2-4(6)8-7-3;;;;/h1-10H,15-16H2;1-3,5-8H,4,9-10,14H2,(H,15,17);1-6H,(H2,12,14);1-4,12H,5-8H2;1-7H,(H2,11,13);1-5H,6H2,(H2,10,12);1-3,9H,4-7H2;7H,2-6H2,1H3;6-7H,2-5H2,1H3;3-4H,2H2,1H3,(H,6,7);2-4H,1H3;1-2H,(H2,6,8);4*1H3/b2-1+;;;;;;;;;;;;;;;. The van der Waals surface area contributed by atoms with Crippen LogP contribution in [0.25, 0.3) is 45.9 Å². The molecule has 0 radical (unpaired) electrons. The summed E-state index contributed by atoms with van der Waals surface area (Å²) < 4.78 is 4.83. The molecule has 11 heterocycles. The van der Waals surface area contributed by atoms with Gasteiger partial charge in [0.1, 0.15) is 34.9 Å². The Balaban J connectivity index is 0.000000313. The summed E-state index contributed by atoms with van der Waals surface area (Å²) in [6.07, 6.45) is 27.0. The number of nitrogens with two attached hydrogens (primary N) is 7. The van der Waals surface area contributed by atoms with Crippen LogP contribution in [0.15, 0.2) is 301 Å². The van der Waals surface area contributed by atoms with Crippen LogP contribution in [0, 0.1) is 12.8 Å². The van der Waals surface area contributed by atoms with Gasteiger partial charge in [0.2, 0.25) is 5.95 Å². The number of piperazine rings is 2. The maximum absolute atomic E-state index is 5.82. The van der Waals surface area contributed by atoms with Gasteiger partial charge in [-0.15, -0.1) is 45.9 Å². The molecule has 7 aromatic carbocycles. The van der Waals surface area contributed by atoms with Crippen LogP contribution in [0.2, 0.25) is 15.2 Å². The topological polar surface area (TPSA) is 572 Å². The molecule has 724 valence electrons. The fourth-order valence-corrected chi connectivity index (χ4v) is 13.2. The highest BCUT2D eigenvalue weighted by Gasteiger charge is 2.15. The van der Waals surface area contributed by atoms with Crippen molar-refractivity contribution in [2.24, 2.45) is 27.6 Å². The lowest BCUT2D eigenvalue weighted by Crippen LogP contribution is -2.44. The Hall–Kier alpha value is -13.7. The Morgan fingerprint density at radius 3 is 1.32 bits per heavy atom. The number of amidine groups is 1. The highest BCUT2D eigenvalue weighted by Crippen LogP contribution is 2.27. The third kappa shape index (κ3) is 46.8. The van der Waals surface area contributed by atoms with Gasteiger partial charge in [-0.25, -0.2) is 15.0 Å². The zero-order chi connectivity index (χ0) is 93.8. The molecule has 136 heavy (non-hydrogen) atoms. The minimum atomic E-state index is 0. The van der Waals surface area contributed by atoms with E-state index < -0.39 is 0 Å². The van der Waals surface area contributed by atoms with Gasteiger partial charge < -0.3 is 105 Å². The van der Waals surface area contributed by atoms with Crippen LogP contribution in [0.3, 0.4) is 0 Å². The molecule has 4 aliphatic heterocycles. The molecule has 1 aliphatic carbocycles. The number of aromatic nitrogens is 12. The summed E-state index contributed by atoms with van der Waals surface area (Å²) in [6, 6.07) is 81.5. The van der Waals surface area contributed by atoms with E-state index >= 15 is 0 Å². The van der Waals surface area contributed by atoms with Crippen LogP contribution >= 0.6 is 34.8 Å². The first-order valence-electron chi connectivity index (χ1n) is 44.5. The summed E-state index contributed by atoms with van der Waals surface area (Å²) in [7, 11) is 0. The summed E-state index contributed by atoms with van der Waals surface area (Å²) >= 11 is 17.0. The molecule has 1 atom stereocenters. The van der Waals surface area contributed by atoms with E-state index in [-0.39, 0.29) is 24.6 Å². The van der Waals surface area contributed by atoms with Crippen molar-refractivity contribution in [3.63, 3.8) is 0 Å². The molecule has 5 aliphatic rings. The first kappa shape index (κ1) is 115. The largest absolute Gasteiger partial charge is 0.470 e. The highest BCUT2D eigenvalue weighted by molar-refractivity contribution is 6.31. The number of hydrogen-bond acceptors (Lipinski definition) is 31. The molecule has 32 nitrogen and oxygen atoms in total. The molecule has 1 saturated carbocycles. The number of nitrogens with one attached hydrogen (secondary N) is 5. The molecule has 7 aromatic heterocycles. The second-order valence-corrected chi connectivity index (χ2v) is 31.6. The van der Waals surface area contributed by atoms with Gasteiger partial charge in [0.25, 0.3) is 0 Å². The molecular formula is C101H138Cl3N31O. The Morgan fingerprint density at radius 2 is 0.949 bits per heavy atom. The SMILES string of the molecule is CCC1CCCC1.CCC1CCCN1.CCc1cnc[nH]1.Cc1ccco1.Clc1ccc(N2CCNCC2)cc1.N.N.N.N.NC1=NN=C(c2ccccc2)C1.NCCCNc1ccc(-c2ccccc2)nn1.Nc1ccc(-c2ccc(Cl)cc2)nn1.Nc1ccc(-c2ccccc2)nn1.Nc1ccc(/C=C/c2ccc(N)cc2)cc1.Nc1ccc(Cl)nn1.c1cnc(N2CCNCC2)nc1. The Kier molecular flexibility index (Phi) is 57.5. The Morgan fingerprint density at radius 1 is 0.463 bits per heavy atom. The lowest BCUT2D eigenvalue weighted by Gasteiger charge is -2.29. The zero-order valence-corrected chi connectivity index (χ0v) is 80.9. The monoisotopic (exact) mass is 1910 g/mol. The molecule has 4 fully saturated rings. The number of aromatic amines is 1. The molecule has 14 aromatic rings. The van der Waals surface area contributed by atoms with Crippen molar-refractivity contribution in [3.05, 3.63) is 329 Å². The number of benzene rings is 7. The van der Waals surface area contributed by atoms with Crippen molar-refractivity contribution in [1.29, 1.82) is 0 Å². The molecule has 0 amide bonds. The van der Waals surface area contributed by atoms with Crippen molar-refractivity contribution in [3.8, 4) is 33.8 Å². The number of hydrogen-bond donors (Lipinski definition) is 16. The van der Waals surface area contributed by atoms with E-state index in [1.54, 1.807) is 49.2 Å². The van der Waals surface area contributed by atoms with Crippen LogP contribution in [-0.4, -0.2) is 150 Å². The van der Waals surface area contributed by atoms with Crippen LogP contribution in [0.1, 0.15) is 113 Å². The fourth-order valence-electron chi connectivity index (χ4n) is 12.9. The summed E-state index contributed by atoms with van der Waals surface area (Å²) in [4.78, 5) is 19.8. The van der Waals surface area contributed by atoms with Crippen LogP contribution in [-0.2, 0) is 6.42 Å². The number of nitrogen functional groups attached to an aromatic ring is 5. The maximum atomic E-state index is 5.82. The fraction of sp³-hybridized carbons (Fsp3) is 0.277. The van der Waals surface area contributed by atoms with Crippen LogP contribution < -0.4 is 95.8 Å². The van der Waals surface area contributed by atoms with E-state index in [9.17, 15) is 0 Å². The number of halogens is 3. The number of imidazole rings is 1. The summed E-state index contributed by atoms with van der Waals surface area (Å²) in [6.45, 7) is 19.7. The third-order valence-electron chi connectivity index (χ3n) is 20.3. The second kappa shape index (κ2) is 68.3. The van der Waals surface area contributed by atoms with E-state index in [1.807, 2.05) is 244 Å². The Labute approximate surface area is 816 Å². The summed E-state index contributed by atoms with van der Waals surface area (Å²) in [5, 5.41) is 53.5. The van der Waals surface area contributed by atoms with Gasteiger partial charge in [-0.05, 0) is 202 Å². The average Bonchev–Trinajstić information content (AvgIpc) is 1.77. The molecule has 3 saturated heterocycles. The number of aryl methyl sites for hydroxylation is 2. The van der Waals surface area contributed by atoms with Crippen molar-refractivity contribution >= 4 is 105 Å². The van der Waals surface area contributed by atoms with Crippen molar-refractivity contribution < 1.29 is 4.42 Å². The molecule has 0 bridgehead atoms. The molecule has 35 heteroatoms. The van der Waals surface area contributed by atoms with E-state index in [1.165, 1.54) is 69.3 Å². The van der Waals surface area contributed by atoms with Gasteiger partial charge in [0, 0.05) is 133 Å². The van der Waals surface area contributed by atoms with Gasteiger partial charge in [0.15, 0.2) is 5.15 Å². The van der Waals surface area contributed by atoms with E-state index in [2.05, 4.69) is 135 Å². The predicted octanol–water partition coefficient (Wildman–Crippen LogP) is 19.5. The highest BCUT2D eigenvalue weighted by atomic mass is 35.5. The number of furan rings is 1. The second-order valence-electron chi connectivity index (χ2n) is 30.3. The number of H-pyrrole nitrogens is 1. The first-order chi connectivity index (χ1) is 64.4. The van der Waals surface area contributed by atoms with Crippen LogP contribution in [0.4, 0.5) is 46.3 Å². The molecule has 1 unspecified atom stereocenters. The van der Waals surface area contributed by atoms with E-state index in [4.69, 9.17) is 79.4 Å². The Bertz CT molecular complexity index is 5260. The van der Waals surface area contributed by atoms with Gasteiger partial charge in [-0.2, -0.15) is 5.10 Å². The minimum absolute atomic E-state index is 0. The van der Waals surface area contributed by atoms with Crippen molar-refractivity contribution in [1.82, 2.24) is 101 Å². The molecule has 0 spiro atoms. The average molecular weight is 1910 g/mol. The van der Waals surface area contributed by atoms with E-state index in [0.717, 1.165) is 174 Å². The molecule has 19 rings (SSSR count). The van der Waals surface area contributed by atoms with Crippen molar-refractivity contribution in [2.75, 3.05) is 116 Å². The van der Waals surface area contributed by atoms with E-state index in [0.29, 0.717) is 46.4 Å². The number of nitrogens with zero attached hydrogens (tertiary/aromatic N) is 15. The lowest BCUT2D eigenvalue weighted by molar-refractivity contribution is 0.531. The summed E-state index contributed by atoms with van der Waals surface area (Å²) in [5.74, 6) is 5.54. The summed E-state index contributed by atoms with van der Waals surface area (Å²) in [5.41, 5.74) is 52.2. The minimum Gasteiger partial charge on any atom is -0.470 e. The predicted molar refractivity (Wildman–Crippen MR) is 568 cm³/mol. The molecular weight excluding hydrogens is 1770 g/mol. The van der Waals surface area contributed by atoms with Gasteiger partial charge >= 0.3 is 0 Å². The number of anilines is 8. The first-order valence-corrected chi connectivity index (χ1v) is 45.6. The normalized spacial score (nSPS) is 13.4. The smallest absolute Gasteiger partial charge is 0.225 e. The zero-order valence-electron chi connectivity index (χ0n) is 78.6. The maximum Gasteiger partial charge on any atom is 0.225 e. The lowest BCUT2D eigenvalue weighted by atomic mass is 10.1. The van der Waals surface area contributed by atoms with Crippen molar-refractivity contribution in [2.45, 2.75) is 104 Å².